The van der Waals surface area contributed by atoms with Gasteiger partial charge in [0.2, 0.25) is 5.91 Å². The Morgan fingerprint density at radius 1 is 1.20 bits per heavy atom. The fourth-order valence-corrected chi connectivity index (χ4v) is 2.09. The summed E-state index contributed by atoms with van der Waals surface area (Å²) >= 11 is 0. The van der Waals surface area contributed by atoms with Gasteiger partial charge in [-0.1, -0.05) is 32.9 Å². The number of urea groups is 1. The van der Waals surface area contributed by atoms with Crippen molar-refractivity contribution in [3.63, 3.8) is 0 Å². The smallest absolute Gasteiger partial charge is 0.317 e. The van der Waals surface area contributed by atoms with E-state index in [4.69, 9.17) is 5.11 Å². The van der Waals surface area contributed by atoms with E-state index in [0.717, 1.165) is 12.0 Å². The molecule has 0 fully saturated rings. The maximum atomic E-state index is 12.0. The van der Waals surface area contributed by atoms with Crippen molar-refractivity contribution in [3.8, 4) is 0 Å². The summed E-state index contributed by atoms with van der Waals surface area (Å²) in [5.41, 5.74) is 1.53. The number of carbonyl (C=O) groups excluding carboxylic acids is 2. The van der Waals surface area contributed by atoms with E-state index in [-0.39, 0.29) is 30.9 Å². The van der Waals surface area contributed by atoms with Crippen LogP contribution in [0.1, 0.15) is 32.8 Å². The average molecular weight is 349 g/mol. The first kappa shape index (κ1) is 20.5. The Balaban J connectivity index is 2.57. The van der Waals surface area contributed by atoms with Crippen LogP contribution in [0.5, 0.6) is 0 Å². The highest BCUT2D eigenvalue weighted by Gasteiger charge is 2.17. The summed E-state index contributed by atoms with van der Waals surface area (Å²) in [6, 6.07) is 6.91. The number of nitrogens with zero attached hydrogens (tertiary/aromatic N) is 1. The fourth-order valence-electron chi connectivity index (χ4n) is 2.09. The van der Waals surface area contributed by atoms with E-state index in [1.165, 1.54) is 4.90 Å². The van der Waals surface area contributed by atoms with Gasteiger partial charge in [0, 0.05) is 31.7 Å². The van der Waals surface area contributed by atoms with Gasteiger partial charge in [0.15, 0.2) is 0 Å². The topological polar surface area (TPSA) is 98.7 Å². The minimum atomic E-state index is -0.940. The zero-order valence-electron chi connectivity index (χ0n) is 15.2. The number of carboxylic acid groups (broad SMARTS) is 1. The third kappa shape index (κ3) is 6.82. The van der Waals surface area contributed by atoms with Crippen LogP contribution in [0.4, 0.5) is 10.5 Å². The molecular weight excluding hydrogens is 322 g/mol. The van der Waals surface area contributed by atoms with E-state index in [0.29, 0.717) is 5.69 Å². The van der Waals surface area contributed by atoms with Gasteiger partial charge in [0.05, 0.1) is 5.92 Å². The highest BCUT2D eigenvalue weighted by Crippen LogP contribution is 2.13. The van der Waals surface area contributed by atoms with Crippen LogP contribution in [0.2, 0.25) is 0 Å². The molecule has 3 amide bonds. The molecule has 7 heteroatoms. The minimum absolute atomic E-state index is 0.0360. The molecule has 0 heterocycles. The molecule has 0 saturated carbocycles. The van der Waals surface area contributed by atoms with Gasteiger partial charge in [-0.3, -0.25) is 9.59 Å². The van der Waals surface area contributed by atoms with Gasteiger partial charge in [0.25, 0.3) is 0 Å². The Hall–Kier alpha value is -2.57. The third-order valence-electron chi connectivity index (χ3n) is 4.01. The van der Waals surface area contributed by atoms with E-state index in [2.05, 4.69) is 10.6 Å². The number of hydrogen-bond acceptors (Lipinski definition) is 3. The van der Waals surface area contributed by atoms with Crippen LogP contribution in [0.3, 0.4) is 0 Å². The standard InChI is InChI=1S/C18H27N3O4/c1-5-12(2)16(22)20-15-8-6-7-14(9-15)10-19-18(25)21(4)11-13(3)17(23)24/h6-9,12-13H,5,10-11H2,1-4H3,(H,19,25)(H,20,22)(H,23,24). The predicted octanol–water partition coefficient (Wildman–Crippen LogP) is 2.53. The molecule has 25 heavy (non-hydrogen) atoms. The number of carbonyl (C=O) groups is 3. The van der Waals surface area contributed by atoms with Crippen molar-refractivity contribution in [1.82, 2.24) is 10.2 Å². The van der Waals surface area contributed by atoms with E-state index >= 15 is 0 Å². The zero-order chi connectivity index (χ0) is 19.0. The molecule has 0 radical (unpaired) electrons. The second-order valence-electron chi connectivity index (χ2n) is 6.28. The van der Waals surface area contributed by atoms with Crippen molar-refractivity contribution < 1.29 is 19.5 Å². The monoisotopic (exact) mass is 349 g/mol. The normalized spacial score (nSPS) is 12.8. The Morgan fingerprint density at radius 3 is 2.48 bits per heavy atom. The Kier molecular flexibility index (Phi) is 7.91. The lowest BCUT2D eigenvalue weighted by atomic mass is 10.1. The highest BCUT2D eigenvalue weighted by molar-refractivity contribution is 5.92. The van der Waals surface area contributed by atoms with Gasteiger partial charge in [0.1, 0.15) is 0 Å². The number of benzene rings is 1. The van der Waals surface area contributed by atoms with Crippen molar-refractivity contribution in [2.75, 3.05) is 18.9 Å². The molecular formula is C18H27N3O4. The van der Waals surface area contributed by atoms with Crippen molar-refractivity contribution in [1.29, 1.82) is 0 Å². The lowest BCUT2D eigenvalue weighted by molar-refractivity contribution is -0.141. The first-order chi connectivity index (χ1) is 11.7. The van der Waals surface area contributed by atoms with E-state index in [9.17, 15) is 14.4 Å². The van der Waals surface area contributed by atoms with Crippen molar-refractivity contribution >= 4 is 23.6 Å². The van der Waals surface area contributed by atoms with Crippen LogP contribution >= 0.6 is 0 Å². The van der Waals surface area contributed by atoms with E-state index in [1.807, 2.05) is 26.0 Å². The SMILES string of the molecule is CCC(C)C(=O)Nc1cccc(CNC(=O)N(C)CC(C)C(=O)O)c1. The fraction of sp³-hybridized carbons (Fsp3) is 0.500. The summed E-state index contributed by atoms with van der Waals surface area (Å²) in [7, 11) is 1.55. The molecule has 0 aliphatic rings. The summed E-state index contributed by atoms with van der Waals surface area (Å²) in [4.78, 5) is 36.1. The number of hydrogen-bond donors (Lipinski definition) is 3. The van der Waals surface area contributed by atoms with Crippen LogP contribution in [0.25, 0.3) is 0 Å². The zero-order valence-corrected chi connectivity index (χ0v) is 15.2. The molecule has 1 aromatic rings. The number of rotatable bonds is 8. The summed E-state index contributed by atoms with van der Waals surface area (Å²) in [5, 5.41) is 14.5. The average Bonchev–Trinajstić information content (AvgIpc) is 2.58. The molecule has 0 spiro atoms. The molecule has 2 unspecified atom stereocenters. The quantitative estimate of drug-likeness (QED) is 0.671. The van der Waals surface area contributed by atoms with Crippen molar-refractivity contribution in [2.45, 2.75) is 33.7 Å². The second kappa shape index (κ2) is 9.66. The van der Waals surface area contributed by atoms with Crippen LogP contribution in [0.15, 0.2) is 24.3 Å². The number of anilines is 1. The van der Waals surface area contributed by atoms with Gasteiger partial charge < -0.3 is 20.6 Å². The summed E-state index contributed by atoms with van der Waals surface area (Å²) < 4.78 is 0. The van der Waals surface area contributed by atoms with Gasteiger partial charge in [-0.05, 0) is 24.1 Å². The number of aliphatic carboxylic acids is 1. The lowest BCUT2D eigenvalue weighted by Crippen LogP contribution is -2.40. The molecule has 1 aromatic carbocycles. The van der Waals surface area contributed by atoms with Crippen molar-refractivity contribution in [3.05, 3.63) is 29.8 Å². The molecule has 7 nitrogen and oxygen atoms in total. The van der Waals surface area contributed by atoms with Gasteiger partial charge in [-0.15, -0.1) is 0 Å². The predicted molar refractivity (Wildman–Crippen MR) is 96.2 cm³/mol. The van der Waals surface area contributed by atoms with Gasteiger partial charge in [-0.2, -0.15) is 0 Å². The summed E-state index contributed by atoms with van der Waals surface area (Å²) in [6.07, 6.45) is 0.767. The first-order valence-electron chi connectivity index (χ1n) is 8.36. The summed E-state index contributed by atoms with van der Waals surface area (Å²) in [6.45, 7) is 5.80. The first-order valence-corrected chi connectivity index (χ1v) is 8.36. The van der Waals surface area contributed by atoms with E-state index < -0.39 is 11.9 Å². The maximum absolute atomic E-state index is 12.0. The largest absolute Gasteiger partial charge is 0.481 e. The molecule has 2 atom stereocenters. The van der Waals surface area contributed by atoms with Crippen LogP contribution in [-0.4, -0.2) is 41.5 Å². The van der Waals surface area contributed by atoms with E-state index in [1.54, 1.807) is 26.1 Å². The van der Waals surface area contributed by atoms with Gasteiger partial charge >= 0.3 is 12.0 Å². The lowest BCUT2D eigenvalue weighted by Gasteiger charge is -2.20. The Morgan fingerprint density at radius 2 is 1.88 bits per heavy atom. The molecule has 138 valence electrons. The Labute approximate surface area is 148 Å². The third-order valence-corrected chi connectivity index (χ3v) is 4.01. The number of carboxylic acids is 1. The highest BCUT2D eigenvalue weighted by atomic mass is 16.4. The molecule has 0 aliphatic heterocycles. The number of amides is 3. The maximum Gasteiger partial charge on any atom is 0.317 e. The molecule has 0 aliphatic carbocycles. The van der Waals surface area contributed by atoms with Crippen LogP contribution in [-0.2, 0) is 16.1 Å². The minimum Gasteiger partial charge on any atom is -0.481 e. The van der Waals surface area contributed by atoms with Crippen LogP contribution in [0, 0.1) is 11.8 Å². The van der Waals surface area contributed by atoms with Crippen molar-refractivity contribution in [2.24, 2.45) is 11.8 Å². The molecule has 1 rings (SSSR count). The van der Waals surface area contributed by atoms with Crippen LogP contribution < -0.4 is 10.6 Å². The molecule has 0 saturated heterocycles. The Bertz CT molecular complexity index is 618. The molecule has 3 N–H and O–H groups in total. The second-order valence-corrected chi connectivity index (χ2v) is 6.28. The van der Waals surface area contributed by atoms with Gasteiger partial charge in [-0.25, -0.2) is 4.79 Å². The molecule has 0 bridgehead atoms. The summed E-state index contributed by atoms with van der Waals surface area (Å²) in [5.74, 6) is -1.67. The molecule has 0 aromatic heterocycles. The number of nitrogens with one attached hydrogen (secondary N) is 2.